The monoisotopic (exact) mass is 261 g/mol. The van der Waals surface area contributed by atoms with E-state index in [-0.39, 0.29) is 5.54 Å². The van der Waals surface area contributed by atoms with Crippen LogP contribution in [0.4, 0.5) is 0 Å². The van der Waals surface area contributed by atoms with E-state index in [2.05, 4.69) is 20.8 Å². The van der Waals surface area contributed by atoms with Gasteiger partial charge in [0.25, 0.3) is 0 Å². The van der Waals surface area contributed by atoms with Crippen molar-refractivity contribution in [3.63, 3.8) is 0 Å². The highest BCUT2D eigenvalue weighted by molar-refractivity contribution is 5.27. The first-order chi connectivity index (χ1) is 8.78. The van der Waals surface area contributed by atoms with Gasteiger partial charge in [0.2, 0.25) is 0 Å². The lowest BCUT2D eigenvalue weighted by Crippen LogP contribution is -2.46. The molecule has 0 unspecified atom stereocenters. The SMILES string of the molecule is CC(C)(C)C1CCC(N)(Cc2ccc(O)cc2)CC1. The van der Waals surface area contributed by atoms with Crippen LogP contribution < -0.4 is 5.73 Å². The maximum absolute atomic E-state index is 9.32. The molecule has 0 radical (unpaired) electrons. The fourth-order valence-corrected chi connectivity index (χ4v) is 3.26. The number of hydrogen-bond acceptors (Lipinski definition) is 2. The molecule has 0 aromatic heterocycles. The van der Waals surface area contributed by atoms with Gasteiger partial charge in [0.15, 0.2) is 0 Å². The maximum Gasteiger partial charge on any atom is 0.115 e. The zero-order valence-corrected chi connectivity index (χ0v) is 12.4. The molecule has 0 heterocycles. The zero-order chi connectivity index (χ0) is 14.1. The Morgan fingerprint density at radius 3 is 2.16 bits per heavy atom. The molecule has 0 aliphatic heterocycles. The molecule has 2 rings (SSSR count). The molecule has 2 heteroatoms. The van der Waals surface area contributed by atoms with Gasteiger partial charge in [-0.3, -0.25) is 0 Å². The quantitative estimate of drug-likeness (QED) is 0.849. The van der Waals surface area contributed by atoms with Gasteiger partial charge in [0.05, 0.1) is 0 Å². The number of phenolic OH excluding ortho intramolecular Hbond substituents is 1. The van der Waals surface area contributed by atoms with E-state index in [1.807, 2.05) is 12.1 Å². The second-order valence-corrected chi connectivity index (χ2v) is 7.35. The maximum atomic E-state index is 9.32. The molecule has 3 N–H and O–H groups in total. The molecule has 1 fully saturated rings. The Labute approximate surface area is 117 Å². The summed E-state index contributed by atoms with van der Waals surface area (Å²) < 4.78 is 0. The summed E-state index contributed by atoms with van der Waals surface area (Å²) in [5.74, 6) is 1.12. The first kappa shape index (κ1) is 14.4. The van der Waals surface area contributed by atoms with Crippen LogP contribution in [-0.2, 0) is 6.42 Å². The van der Waals surface area contributed by atoms with E-state index in [0.29, 0.717) is 11.2 Å². The van der Waals surface area contributed by atoms with Gasteiger partial charge >= 0.3 is 0 Å². The van der Waals surface area contributed by atoms with Crippen LogP contribution in [0.15, 0.2) is 24.3 Å². The highest BCUT2D eigenvalue weighted by Gasteiger charge is 2.36. The average molecular weight is 261 g/mol. The molecule has 19 heavy (non-hydrogen) atoms. The second-order valence-electron chi connectivity index (χ2n) is 7.35. The molecule has 0 atom stereocenters. The Hall–Kier alpha value is -1.02. The van der Waals surface area contributed by atoms with Gasteiger partial charge in [0, 0.05) is 5.54 Å². The average Bonchev–Trinajstić information content (AvgIpc) is 2.31. The van der Waals surface area contributed by atoms with Gasteiger partial charge in [-0.15, -0.1) is 0 Å². The molecule has 0 saturated heterocycles. The minimum atomic E-state index is -0.0568. The molecule has 1 saturated carbocycles. The number of phenols is 1. The van der Waals surface area contributed by atoms with Crippen LogP contribution in [0.3, 0.4) is 0 Å². The second kappa shape index (κ2) is 5.16. The minimum absolute atomic E-state index is 0.0568. The summed E-state index contributed by atoms with van der Waals surface area (Å²) >= 11 is 0. The Morgan fingerprint density at radius 2 is 1.68 bits per heavy atom. The van der Waals surface area contributed by atoms with E-state index in [1.54, 1.807) is 12.1 Å². The number of benzene rings is 1. The van der Waals surface area contributed by atoms with Gasteiger partial charge in [-0.2, -0.15) is 0 Å². The Balaban J connectivity index is 1.96. The third-order valence-electron chi connectivity index (χ3n) is 4.70. The van der Waals surface area contributed by atoms with Crippen molar-refractivity contribution < 1.29 is 5.11 Å². The summed E-state index contributed by atoms with van der Waals surface area (Å²) in [6, 6.07) is 7.47. The summed E-state index contributed by atoms with van der Waals surface area (Å²) in [5, 5.41) is 9.32. The lowest BCUT2D eigenvalue weighted by molar-refractivity contribution is 0.134. The highest BCUT2D eigenvalue weighted by Crippen LogP contribution is 2.41. The van der Waals surface area contributed by atoms with Gasteiger partial charge < -0.3 is 10.8 Å². The first-order valence-electron chi connectivity index (χ1n) is 7.35. The molecule has 0 spiro atoms. The van der Waals surface area contributed by atoms with Gasteiger partial charge in [-0.1, -0.05) is 32.9 Å². The molecule has 0 bridgehead atoms. The molecular weight excluding hydrogens is 234 g/mol. The molecule has 1 aliphatic rings. The third-order valence-corrected chi connectivity index (χ3v) is 4.70. The van der Waals surface area contributed by atoms with Crippen molar-refractivity contribution in [2.75, 3.05) is 0 Å². The molecule has 1 aromatic carbocycles. The standard InChI is InChI=1S/C17H27NO/c1-16(2,3)14-8-10-17(18,11-9-14)12-13-4-6-15(19)7-5-13/h4-7,14,19H,8-12,18H2,1-3H3. The molecular formula is C17H27NO. The normalized spacial score (nSPS) is 28.3. The number of hydrogen-bond donors (Lipinski definition) is 2. The van der Waals surface area contributed by atoms with Gasteiger partial charge in [-0.25, -0.2) is 0 Å². The topological polar surface area (TPSA) is 46.2 Å². The molecule has 106 valence electrons. The predicted octanol–water partition coefficient (Wildman–Crippen LogP) is 3.87. The molecule has 2 nitrogen and oxygen atoms in total. The van der Waals surface area contributed by atoms with E-state index in [4.69, 9.17) is 5.73 Å². The van der Waals surface area contributed by atoms with Crippen molar-refractivity contribution in [3.8, 4) is 5.75 Å². The molecule has 1 aromatic rings. The number of nitrogens with two attached hydrogens (primary N) is 1. The summed E-state index contributed by atoms with van der Waals surface area (Å²) in [7, 11) is 0. The van der Waals surface area contributed by atoms with Crippen LogP contribution in [0.25, 0.3) is 0 Å². The summed E-state index contributed by atoms with van der Waals surface area (Å²) in [4.78, 5) is 0. The largest absolute Gasteiger partial charge is 0.508 e. The number of rotatable bonds is 2. The fraction of sp³-hybridized carbons (Fsp3) is 0.647. The molecule has 1 aliphatic carbocycles. The van der Waals surface area contributed by atoms with Crippen molar-refractivity contribution in [2.45, 2.75) is 58.4 Å². The summed E-state index contributed by atoms with van der Waals surface area (Å²) in [6.45, 7) is 7.00. The predicted molar refractivity (Wildman–Crippen MR) is 80.1 cm³/mol. The van der Waals surface area contributed by atoms with E-state index < -0.39 is 0 Å². The Bertz CT molecular complexity index is 408. The smallest absolute Gasteiger partial charge is 0.115 e. The van der Waals surface area contributed by atoms with Crippen molar-refractivity contribution in [3.05, 3.63) is 29.8 Å². The number of aromatic hydroxyl groups is 1. The van der Waals surface area contributed by atoms with Crippen LogP contribution in [0.5, 0.6) is 5.75 Å². The van der Waals surface area contributed by atoms with Crippen LogP contribution in [0.2, 0.25) is 0 Å². The van der Waals surface area contributed by atoms with Crippen molar-refractivity contribution in [2.24, 2.45) is 17.1 Å². The fourth-order valence-electron chi connectivity index (χ4n) is 3.26. The minimum Gasteiger partial charge on any atom is -0.508 e. The van der Waals surface area contributed by atoms with E-state index in [1.165, 1.54) is 18.4 Å². The van der Waals surface area contributed by atoms with Crippen molar-refractivity contribution in [1.29, 1.82) is 0 Å². The lowest BCUT2D eigenvalue weighted by Gasteiger charge is -2.42. The summed E-state index contributed by atoms with van der Waals surface area (Å²) in [6.07, 6.45) is 5.60. The van der Waals surface area contributed by atoms with Crippen molar-refractivity contribution in [1.82, 2.24) is 0 Å². The molecule has 0 amide bonds. The van der Waals surface area contributed by atoms with Gasteiger partial charge in [-0.05, 0) is 61.1 Å². The highest BCUT2D eigenvalue weighted by atomic mass is 16.3. The zero-order valence-electron chi connectivity index (χ0n) is 12.4. The third kappa shape index (κ3) is 3.73. The van der Waals surface area contributed by atoms with Crippen LogP contribution in [0, 0.1) is 11.3 Å². The first-order valence-corrected chi connectivity index (χ1v) is 7.35. The van der Waals surface area contributed by atoms with E-state index in [9.17, 15) is 5.11 Å². The Morgan fingerprint density at radius 1 is 1.16 bits per heavy atom. The summed E-state index contributed by atoms with van der Waals surface area (Å²) in [5.41, 5.74) is 8.15. The van der Waals surface area contributed by atoms with E-state index in [0.717, 1.165) is 25.2 Å². The van der Waals surface area contributed by atoms with Crippen LogP contribution in [0.1, 0.15) is 52.0 Å². The van der Waals surface area contributed by atoms with E-state index >= 15 is 0 Å². The van der Waals surface area contributed by atoms with Crippen molar-refractivity contribution >= 4 is 0 Å². The lowest BCUT2D eigenvalue weighted by atomic mass is 9.66. The Kier molecular flexibility index (Phi) is 3.91. The van der Waals surface area contributed by atoms with Crippen LogP contribution >= 0.6 is 0 Å². The van der Waals surface area contributed by atoms with Gasteiger partial charge in [0.1, 0.15) is 5.75 Å². The van der Waals surface area contributed by atoms with Crippen LogP contribution in [-0.4, -0.2) is 10.6 Å².